The molecule has 2 N–H and O–H groups in total. The summed E-state index contributed by atoms with van der Waals surface area (Å²) >= 11 is 0. The fourth-order valence-corrected chi connectivity index (χ4v) is 4.57. The Bertz CT molecular complexity index is 818. The van der Waals surface area contributed by atoms with Gasteiger partial charge < -0.3 is 15.1 Å². The van der Waals surface area contributed by atoms with Crippen LogP contribution in [0.5, 0.6) is 0 Å². The zero-order chi connectivity index (χ0) is 20.3. The van der Waals surface area contributed by atoms with E-state index in [1.54, 1.807) is 11.9 Å². The second-order valence-corrected chi connectivity index (χ2v) is 9.33. The van der Waals surface area contributed by atoms with E-state index in [1.165, 1.54) is 16.4 Å². The topological polar surface area (TPSA) is 91.2 Å². The molecule has 3 rings (SSSR count). The molecule has 1 saturated heterocycles. The predicted octanol–water partition coefficient (Wildman–Crippen LogP) is -1.55. The molecule has 1 aliphatic carbocycles. The van der Waals surface area contributed by atoms with Crippen LogP contribution in [0.2, 0.25) is 0 Å². The Kier molecular flexibility index (Phi) is 6.31. The Morgan fingerprint density at radius 3 is 2.29 bits per heavy atom. The Morgan fingerprint density at radius 1 is 1.11 bits per heavy atom. The van der Waals surface area contributed by atoms with Crippen molar-refractivity contribution in [3.05, 3.63) is 30.1 Å². The molecule has 2 amide bonds. The van der Waals surface area contributed by atoms with Crippen LogP contribution in [0.3, 0.4) is 0 Å². The number of rotatable bonds is 7. The Hall–Kier alpha value is -2.04. The molecule has 1 atom stereocenters. The largest absolute Gasteiger partial charge is 0.348 e. The summed E-state index contributed by atoms with van der Waals surface area (Å²) in [4.78, 5) is 26.7. The van der Waals surface area contributed by atoms with Crippen LogP contribution in [-0.4, -0.2) is 81.8 Å². The molecule has 2 fully saturated rings. The maximum atomic E-state index is 13.0. The first-order valence-electron chi connectivity index (χ1n) is 9.40. The lowest BCUT2D eigenvalue weighted by Gasteiger charge is -2.34. The first kappa shape index (κ1) is 20.7. The molecule has 154 valence electrons. The van der Waals surface area contributed by atoms with Gasteiger partial charge in [0.15, 0.2) is 13.1 Å². The second-order valence-electron chi connectivity index (χ2n) is 7.39. The fourth-order valence-electron chi connectivity index (χ4n) is 3.15. The van der Waals surface area contributed by atoms with Crippen LogP contribution in [0.25, 0.3) is 0 Å². The van der Waals surface area contributed by atoms with E-state index >= 15 is 0 Å². The van der Waals surface area contributed by atoms with Gasteiger partial charge >= 0.3 is 0 Å². The quantitative estimate of drug-likeness (QED) is 0.567. The van der Waals surface area contributed by atoms with Crippen molar-refractivity contribution in [1.29, 1.82) is 0 Å². The number of hydrogen-bond donors (Lipinski definition) is 2. The van der Waals surface area contributed by atoms with Gasteiger partial charge in [0.1, 0.15) is 5.82 Å². The number of amides is 2. The summed E-state index contributed by atoms with van der Waals surface area (Å²) in [5.41, 5.74) is 0. The number of carbonyl (C=O) groups excluding carboxylic acids is 2. The van der Waals surface area contributed by atoms with E-state index in [4.69, 9.17) is 0 Å². The van der Waals surface area contributed by atoms with Crippen molar-refractivity contribution >= 4 is 21.8 Å². The molecule has 1 aromatic rings. The summed E-state index contributed by atoms with van der Waals surface area (Å²) in [7, 11) is -1.91. The Morgan fingerprint density at radius 2 is 1.71 bits per heavy atom. The van der Waals surface area contributed by atoms with Crippen molar-refractivity contribution in [3.63, 3.8) is 0 Å². The van der Waals surface area contributed by atoms with Gasteiger partial charge in [0.05, 0.1) is 11.9 Å². The highest BCUT2D eigenvalue weighted by atomic mass is 32.2. The third-order valence-corrected chi connectivity index (χ3v) is 6.81. The number of benzene rings is 1. The van der Waals surface area contributed by atoms with E-state index in [1.807, 2.05) is 0 Å². The normalized spacial score (nSPS) is 19.3. The Balaban J connectivity index is 1.48. The van der Waals surface area contributed by atoms with Gasteiger partial charge in [0.25, 0.3) is 11.8 Å². The van der Waals surface area contributed by atoms with Crippen LogP contribution in [0.15, 0.2) is 29.2 Å². The van der Waals surface area contributed by atoms with E-state index in [0.29, 0.717) is 19.1 Å². The molecular formula is C18H26FN4O4S+. The smallest absolute Gasteiger partial charge is 0.277 e. The van der Waals surface area contributed by atoms with Gasteiger partial charge in [-0.05, 0) is 37.1 Å². The van der Waals surface area contributed by atoms with E-state index in [2.05, 4.69) is 5.32 Å². The lowest BCUT2D eigenvalue weighted by molar-refractivity contribution is -0.863. The molecule has 10 heteroatoms. The van der Waals surface area contributed by atoms with Crippen molar-refractivity contribution in [2.75, 3.05) is 46.3 Å². The monoisotopic (exact) mass is 413 g/mol. The Labute approximate surface area is 164 Å². The number of nitrogens with one attached hydrogen (secondary N) is 2. The summed E-state index contributed by atoms with van der Waals surface area (Å²) in [6, 6.07) is 5.02. The average molecular weight is 413 g/mol. The minimum atomic E-state index is -3.70. The number of quaternary nitrogens is 1. The van der Waals surface area contributed by atoms with E-state index in [0.717, 1.165) is 29.9 Å². The van der Waals surface area contributed by atoms with Gasteiger partial charge in [0.2, 0.25) is 10.0 Å². The number of halogens is 1. The summed E-state index contributed by atoms with van der Waals surface area (Å²) in [5.74, 6) is -0.648. The van der Waals surface area contributed by atoms with Gasteiger partial charge in [-0.2, -0.15) is 4.31 Å². The third-order valence-electron chi connectivity index (χ3n) is 4.90. The molecule has 1 saturated carbocycles. The van der Waals surface area contributed by atoms with Gasteiger partial charge in [0, 0.05) is 32.2 Å². The molecule has 8 nitrogen and oxygen atoms in total. The number of likely N-dealkylation sites (N-methyl/N-ethyl adjacent to an activating group) is 1. The van der Waals surface area contributed by atoms with Crippen LogP contribution < -0.4 is 10.2 Å². The molecule has 1 heterocycles. The van der Waals surface area contributed by atoms with Crippen LogP contribution >= 0.6 is 0 Å². The first-order chi connectivity index (χ1) is 13.3. The molecule has 0 bridgehead atoms. The standard InChI is InChI=1S/C18H25FN4O4S/c1-21(12-17(24)20-15-4-5-15)13-18(25)22-8-10-23(11-9-22)28(26,27)16-6-2-14(19)3-7-16/h2-3,6-7,15H,4-5,8-13H2,1H3,(H,20,24)/p+1. The molecule has 1 aromatic carbocycles. The number of piperazine rings is 1. The van der Waals surface area contributed by atoms with Crippen molar-refractivity contribution in [1.82, 2.24) is 14.5 Å². The maximum Gasteiger partial charge on any atom is 0.277 e. The van der Waals surface area contributed by atoms with E-state index in [9.17, 15) is 22.4 Å². The number of hydrogen-bond acceptors (Lipinski definition) is 4. The number of carbonyl (C=O) groups is 2. The minimum Gasteiger partial charge on any atom is -0.348 e. The summed E-state index contributed by atoms with van der Waals surface area (Å²) in [6.07, 6.45) is 2.05. The molecule has 0 radical (unpaired) electrons. The summed E-state index contributed by atoms with van der Waals surface area (Å²) < 4.78 is 39.6. The predicted molar refractivity (Wildman–Crippen MR) is 99.5 cm³/mol. The highest BCUT2D eigenvalue weighted by Crippen LogP contribution is 2.18. The van der Waals surface area contributed by atoms with Crippen LogP contribution in [0.4, 0.5) is 4.39 Å². The fraction of sp³-hybridized carbons (Fsp3) is 0.556. The number of nitrogens with zero attached hydrogens (tertiary/aromatic N) is 2. The molecule has 1 unspecified atom stereocenters. The molecule has 1 aliphatic heterocycles. The first-order valence-corrected chi connectivity index (χ1v) is 10.8. The lowest BCUT2D eigenvalue weighted by atomic mass is 10.3. The van der Waals surface area contributed by atoms with Crippen LogP contribution in [0.1, 0.15) is 12.8 Å². The van der Waals surface area contributed by atoms with Crippen molar-refractivity contribution in [2.45, 2.75) is 23.8 Å². The molecular weight excluding hydrogens is 387 g/mol. The third kappa shape index (κ3) is 5.27. The maximum absolute atomic E-state index is 13.0. The SMILES string of the molecule is C[NH+](CC(=O)NC1CC1)CC(=O)N1CCN(S(=O)(=O)c2ccc(F)cc2)CC1. The molecule has 0 spiro atoms. The van der Waals surface area contributed by atoms with Gasteiger partial charge in [-0.1, -0.05) is 0 Å². The van der Waals surface area contributed by atoms with Gasteiger partial charge in [-0.15, -0.1) is 0 Å². The number of sulfonamides is 1. The second kappa shape index (κ2) is 8.54. The van der Waals surface area contributed by atoms with Crippen molar-refractivity contribution in [3.8, 4) is 0 Å². The van der Waals surface area contributed by atoms with E-state index < -0.39 is 15.8 Å². The molecule has 2 aliphatic rings. The average Bonchev–Trinajstić information content (AvgIpc) is 3.45. The summed E-state index contributed by atoms with van der Waals surface area (Å²) in [5, 5.41) is 2.90. The molecule has 0 aromatic heterocycles. The van der Waals surface area contributed by atoms with E-state index in [-0.39, 0.29) is 42.9 Å². The van der Waals surface area contributed by atoms with Crippen molar-refractivity contribution < 1.29 is 27.3 Å². The molecule has 28 heavy (non-hydrogen) atoms. The highest BCUT2D eigenvalue weighted by molar-refractivity contribution is 7.89. The van der Waals surface area contributed by atoms with Crippen LogP contribution in [0, 0.1) is 5.82 Å². The van der Waals surface area contributed by atoms with Crippen molar-refractivity contribution in [2.24, 2.45) is 0 Å². The minimum absolute atomic E-state index is 0.0412. The van der Waals surface area contributed by atoms with Crippen LogP contribution in [-0.2, 0) is 19.6 Å². The lowest BCUT2D eigenvalue weighted by Crippen LogP contribution is -3.11. The zero-order valence-corrected chi connectivity index (χ0v) is 16.7. The zero-order valence-electron chi connectivity index (χ0n) is 15.9. The summed E-state index contributed by atoms with van der Waals surface area (Å²) in [6.45, 7) is 1.38. The highest BCUT2D eigenvalue weighted by Gasteiger charge is 2.31. The van der Waals surface area contributed by atoms with Gasteiger partial charge in [-0.3, -0.25) is 9.59 Å². The van der Waals surface area contributed by atoms with Gasteiger partial charge in [-0.25, -0.2) is 12.8 Å².